The van der Waals surface area contributed by atoms with E-state index in [-0.39, 0.29) is 24.3 Å². The summed E-state index contributed by atoms with van der Waals surface area (Å²) in [5.74, 6) is -0.259. The quantitative estimate of drug-likeness (QED) is 0.726. The molecule has 0 aliphatic carbocycles. The summed E-state index contributed by atoms with van der Waals surface area (Å²) in [5.41, 5.74) is 1.72. The number of aromatic nitrogens is 5. The van der Waals surface area contributed by atoms with Gasteiger partial charge in [-0.3, -0.25) is 9.48 Å². The molecule has 2 aromatic heterocycles. The summed E-state index contributed by atoms with van der Waals surface area (Å²) in [7, 11) is 0. The summed E-state index contributed by atoms with van der Waals surface area (Å²) in [6.45, 7) is 1.48. The molecule has 7 nitrogen and oxygen atoms in total. The van der Waals surface area contributed by atoms with Crippen LogP contribution in [0.1, 0.15) is 12.5 Å². The zero-order valence-electron chi connectivity index (χ0n) is 13.5. The molecule has 0 spiro atoms. The Labute approximate surface area is 143 Å². The summed E-state index contributed by atoms with van der Waals surface area (Å²) in [6.07, 6.45) is 7.62. The summed E-state index contributed by atoms with van der Waals surface area (Å²) in [4.78, 5) is 16.0. The molecule has 0 saturated carbocycles. The standard InChI is InChI=1S/C17H17FN6O/c18-15-3-1-13(2-4-15)14-9-21-23(10-14)12-17(25)22-8-5-16(11-22)24-19-6-7-20-24/h1-4,6-7,9-10,16H,5,8,11-12H2. The van der Waals surface area contributed by atoms with Crippen LogP contribution in [0.3, 0.4) is 0 Å². The Morgan fingerprint density at radius 3 is 2.64 bits per heavy atom. The number of rotatable bonds is 4. The van der Waals surface area contributed by atoms with E-state index in [9.17, 15) is 9.18 Å². The van der Waals surface area contributed by atoms with Crippen molar-refractivity contribution in [3.8, 4) is 11.1 Å². The zero-order chi connectivity index (χ0) is 17.2. The van der Waals surface area contributed by atoms with E-state index in [1.807, 2.05) is 4.90 Å². The third kappa shape index (κ3) is 3.28. The predicted octanol–water partition coefficient (Wildman–Crippen LogP) is 1.75. The molecule has 0 bridgehead atoms. The molecule has 4 rings (SSSR count). The molecule has 128 valence electrons. The van der Waals surface area contributed by atoms with Crippen molar-refractivity contribution in [1.29, 1.82) is 0 Å². The van der Waals surface area contributed by atoms with Gasteiger partial charge in [-0.05, 0) is 24.1 Å². The lowest BCUT2D eigenvalue weighted by Gasteiger charge is -2.16. The molecule has 1 unspecified atom stereocenters. The van der Waals surface area contributed by atoms with E-state index >= 15 is 0 Å². The fourth-order valence-electron chi connectivity index (χ4n) is 3.05. The SMILES string of the molecule is O=C(Cn1cc(-c2ccc(F)cc2)cn1)N1CCC(n2nccn2)C1. The molecule has 0 radical (unpaired) electrons. The van der Waals surface area contributed by atoms with Gasteiger partial charge in [0.25, 0.3) is 0 Å². The lowest BCUT2D eigenvalue weighted by Crippen LogP contribution is -2.32. The number of benzene rings is 1. The average Bonchev–Trinajstić information content (AvgIpc) is 3.36. The highest BCUT2D eigenvalue weighted by molar-refractivity contribution is 5.76. The van der Waals surface area contributed by atoms with Crippen molar-refractivity contribution < 1.29 is 9.18 Å². The fourth-order valence-corrected chi connectivity index (χ4v) is 3.05. The molecule has 3 aromatic rings. The van der Waals surface area contributed by atoms with Gasteiger partial charge in [0.05, 0.1) is 24.6 Å². The third-order valence-corrected chi connectivity index (χ3v) is 4.39. The van der Waals surface area contributed by atoms with Gasteiger partial charge in [0, 0.05) is 24.8 Å². The number of likely N-dealkylation sites (tertiary alicyclic amines) is 1. The van der Waals surface area contributed by atoms with Crippen LogP contribution in [0, 0.1) is 5.82 Å². The predicted molar refractivity (Wildman–Crippen MR) is 87.9 cm³/mol. The molecule has 1 aliphatic rings. The maximum absolute atomic E-state index is 13.0. The number of hydrogen-bond acceptors (Lipinski definition) is 4. The highest BCUT2D eigenvalue weighted by Gasteiger charge is 2.28. The lowest BCUT2D eigenvalue weighted by molar-refractivity contribution is -0.131. The van der Waals surface area contributed by atoms with E-state index in [4.69, 9.17) is 0 Å². The van der Waals surface area contributed by atoms with E-state index in [1.165, 1.54) is 12.1 Å². The van der Waals surface area contributed by atoms with Crippen molar-refractivity contribution in [3.63, 3.8) is 0 Å². The number of carbonyl (C=O) groups is 1. The van der Waals surface area contributed by atoms with Gasteiger partial charge in [0.15, 0.2) is 0 Å². The van der Waals surface area contributed by atoms with Gasteiger partial charge in [-0.15, -0.1) is 0 Å². The Morgan fingerprint density at radius 1 is 1.12 bits per heavy atom. The Bertz CT molecular complexity index is 858. The summed E-state index contributed by atoms with van der Waals surface area (Å²) < 4.78 is 14.6. The van der Waals surface area contributed by atoms with Crippen molar-refractivity contribution in [2.75, 3.05) is 13.1 Å². The Hall–Kier alpha value is -3.03. The van der Waals surface area contributed by atoms with E-state index in [1.54, 1.807) is 46.4 Å². The monoisotopic (exact) mass is 340 g/mol. The molecular weight excluding hydrogens is 323 g/mol. The van der Waals surface area contributed by atoms with Crippen molar-refractivity contribution >= 4 is 5.91 Å². The number of amides is 1. The maximum atomic E-state index is 13.0. The molecule has 1 aliphatic heterocycles. The Kier molecular flexibility index (Phi) is 4.01. The molecule has 1 saturated heterocycles. The first kappa shape index (κ1) is 15.5. The number of halogens is 1. The van der Waals surface area contributed by atoms with Gasteiger partial charge < -0.3 is 4.90 Å². The van der Waals surface area contributed by atoms with Crippen molar-refractivity contribution in [2.45, 2.75) is 19.0 Å². The van der Waals surface area contributed by atoms with Gasteiger partial charge >= 0.3 is 0 Å². The number of nitrogens with zero attached hydrogens (tertiary/aromatic N) is 6. The molecule has 1 amide bonds. The van der Waals surface area contributed by atoms with Crippen LogP contribution in [0.5, 0.6) is 0 Å². The number of carbonyl (C=O) groups excluding carboxylic acids is 1. The van der Waals surface area contributed by atoms with Crippen molar-refractivity contribution in [2.24, 2.45) is 0 Å². The Morgan fingerprint density at radius 2 is 1.88 bits per heavy atom. The van der Waals surface area contributed by atoms with E-state index in [0.29, 0.717) is 13.1 Å². The summed E-state index contributed by atoms with van der Waals surface area (Å²) in [5, 5.41) is 12.5. The first-order valence-corrected chi connectivity index (χ1v) is 8.11. The van der Waals surface area contributed by atoms with Gasteiger partial charge in [0.1, 0.15) is 12.4 Å². The van der Waals surface area contributed by atoms with Crippen molar-refractivity contribution in [1.82, 2.24) is 29.7 Å². The average molecular weight is 340 g/mol. The van der Waals surface area contributed by atoms with Crippen LogP contribution >= 0.6 is 0 Å². The smallest absolute Gasteiger partial charge is 0.244 e. The highest BCUT2D eigenvalue weighted by atomic mass is 19.1. The van der Waals surface area contributed by atoms with Crippen LogP contribution in [0.4, 0.5) is 4.39 Å². The van der Waals surface area contributed by atoms with Gasteiger partial charge in [0.2, 0.25) is 5.91 Å². The van der Waals surface area contributed by atoms with Gasteiger partial charge in [-0.25, -0.2) is 4.39 Å². The topological polar surface area (TPSA) is 68.8 Å². The molecule has 25 heavy (non-hydrogen) atoms. The van der Waals surface area contributed by atoms with Crippen LogP contribution in [0.15, 0.2) is 49.1 Å². The van der Waals surface area contributed by atoms with Crippen LogP contribution in [0.25, 0.3) is 11.1 Å². The van der Waals surface area contributed by atoms with Crippen LogP contribution in [-0.2, 0) is 11.3 Å². The van der Waals surface area contributed by atoms with E-state index in [0.717, 1.165) is 17.5 Å². The summed E-state index contributed by atoms with van der Waals surface area (Å²) in [6, 6.07) is 6.34. The molecule has 1 fully saturated rings. The molecule has 1 aromatic carbocycles. The van der Waals surface area contributed by atoms with Crippen LogP contribution in [-0.4, -0.2) is 48.7 Å². The second-order valence-electron chi connectivity index (χ2n) is 6.07. The number of hydrogen-bond donors (Lipinski definition) is 0. The van der Waals surface area contributed by atoms with Crippen LogP contribution < -0.4 is 0 Å². The Balaban J connectivity index is 1.39. The van der Waals surface area contributed by atoms with Gasteiger partial charge in [-0.1, -0.05) is 12.1 Å². The first-order chi connectivity index (χ1) is 12.2. The minimum absolute atomic E-state index is 0.0170. The zero-order valence-corrected chi connectivity index (χ0v) is 13.5. The first-order valence-electron chi connectivity index (χ1n) is 8.11. The largest absolute Gasteiger partial charge is 0.339 e. The van der Waals surface area contributed by atoms with Crippen molar-refractivity contribution in [3.05, 3.63) is 54.9 Å². The van der Waals surface area contributed by atoms with Gasteiger partial charge in [-0.2, -0.15) is 20.1 Å². The fraction of sp³-hybridized carbons (Fsp3) is 0.294. The summed E-state index contributed by atoms with van der Waals surface area (Å²) >= 11 is 0. The maximum Gasteiger partial charge on any atom is 0.244 e. The second-order valence-corrected chi connectivity index (χ2v) is 6.07. The molecule has 8 heteroatoms. The van der Waals surface area contributed by atoms with E-state index in [2.05, 4.69) is 15.3 Å². The molecule has 3 heterocycles. The molecular formula is C17H17FN6O. The third-order valence-electron chi connectivity index (χ3n) is 4.39. The molecule has 0 N–H and O–H groups in total. The minimum Gasteiger partial charge on any atom is -0.339 e. The normalized spacial score (nSPS) is 17.2. The van der Waals surface area contributed by atoms with E-state index < -0.39 is 0 Å². The minimum atomic E-state index is -0.276. The van der Waals surface area contributed by atoms with Crippen LogP contribution in [0.2, 0.25) is 0 Å². The lowest BCUT2D eigenvalue weighted by atomic mass is 10.1. The highest BCUT2D eigenvalue weighted by Crippen LogP contribution is 2.21. The second kappa shape index (κ2) is 6.46. The molecule has 1 atom stereocenters.